The number of nitrogens with one attached hydrogen (secondary N) is 1. The molecule has 0 aliphatic carbocycles. The molecule has 0 amide bonds. The summed E-state index contributed by atoms with van der Waals surface area (Å²) in [6, 6.07) is 0.347. The molecule has 1 rings (SSSR count). The Kier molecular flexibility index (Phi) is 6.09. The predicted molar refractivity (Wildman–Crippen MR) is 65.4 cm³/mol. The first-order valence-electron chi connectivity index (χ1n) is 5.66. The minimum Gasteiger partial charge on any atom is -0.463 e. The second-order valence-electron chi connectivity index (χ2n) is 3.73. The zero-order valence-corrected chi connectivity index (χ0v) is 10.8. The molecule has 102 valence electrons. The topological polar surface area (TPSA) is 104 Å². The standard InChI is InChI=1S/C10H19N5O3/c1-7(2)18-10-13-8(15-11)12-9(14-10)17-6-4-5-16-3/h7H,4-6,11H2,1-3H3,(H,12,13,14,15). The summed E-state index contributed by atoms with van der Waals surface area (Å²) in [5.41, 5.74) is 2.34. The maximum atomic E-state index is 5.36. The lowest BCUT2D eigenvalue weighted by atomic mass is 10.5. The van der Waals surface area contributed by atoms with Crippen LogP contribution in [0.3, 0.4) is 0 Å². The van der Waals surface area contributed by atoms with Crippen LogP contribution in [0.4, 0.5) is 5.95 Å². The van der Waals surface area contributed by atoms with Gasteiger partial charge in [-0.15, -0.1) is 4.98 Å². The molecule has 0 radical (unpaired) electrons. The van der Waals surface area contributed by atoms with Crippen molar-refractivity contribution in [1.29, 1.82) is 0 Å². The number of nitrogen functional groups attached to an aromatic ring is 1. The highest BCUT2D eigenvalue weighted by atomic mass is 16.5. The Hall–Kier alpha value is -1.67. The van der Waals surface area contributed by atoms with E-state index >= 15 is 0 Å². The zero-order chi connectivity index (χ0) is 13.4. The van der Waals surface area contributed by atoms with Crippen LogP contribution in [0.15, 0.2) is 0 Å². The SMILES string of the molecule is COCCCOc1nc(NN)nc(OC(C)C)n1. The van der Waals surface area contributed by atoms with Crippen LogP contribution in [0.2, 0.25) is 0 Å². The number of hydrazine groups is 1. The summed E-state index contributed by atoms with van der Waals surface area (Å²) >= 11 is 0. The Labute approximate surface area is 106 Å². The van der Waals surface area contributed by atoms with Gasteiger partial charge in [0.15, 0.2) is 0 Å². The van der Waals surface area contributed by atoms with Crippen LogP contribution in [-0.2, 0) is 4.74 Å². The molecule has 8 nitrogen and oxygen atoms in total. The van der Waals surface area contributed by atoms with E-state index in [-0.39, 0.29) is 24.1 Å². The van der Waals surface area contributed by atoms with E-state index < -0.39 is 0 Å². The van der Waals surface area contributed by atoms with Gasteiger partial charge < -0.3 is 14.2 Å². The molecule has 0 bridgehead atoms. The number of hydrogen-bond donors (Lipinski definition) is 2. The average molecular weight is 257 g/mol. The van der Waals surface area contributed by atoms with Gasteiger partial charge >= 0.3 is 12.0 Å². The molecule has 3 N–H and O–H groups in total. The summed E-state index contributed by atoms with van der Waals surface area (Å²) in [4.78, 5) is 11.9. The number of hydrogen-bond acceptors (Lipinski definition) is 8. The van der Waals surface area contributed by atoms with Crippen molar-refractivity contribution < 1.29 is 14.2 Å². The third-order valence-corrected chi connectivity index (χ3v) is 1.79. The Morgan fingerprint density at radius 1 is 1.17 bits per heavy atom. The van der Waals surface area contributed by atoms with Crippen LogP contribution < -0.4 is 20.7 Å². The first-order valence-corrected chi connectivity index (χ1v) is 5.66. The fraction of sp³-hybridized carbons (Fsp3) is 0.700. The second kappa shape index (κ2) is 7.62. The lowest BCUT2D eigenvalue weighted by Crippen LogP contribution is -2.15. The quantitative estimate of drug-likeness (QED) is 0.391. The average Bonchev–Trinajstić information content (AvgIpc) is 2.33. The monoisotopic (exact) mass is 257 g/mol. The predicted octanol–water partition coefficient (Wildman–Crippen LogP) is 0.360. The minimum absolute atomic E-state index is 0.0423. The summed E-state index contributed by atoms with van der Waals surface area (Å²) in [6.45, 7) is 4.81. The van der Waals surface area contributed by atoms with Gasteiger partial charge in [-0.25, -0.2) is 5.84 Å². The molecule has 0 aliphatic rings. The maximum absolute atomic E-state index is 5.36. The van der Waals surface area contributed by atoms with Crippen molar-refractivity contribution in [2.24, 2.45) is 5.84 Å². The van der Waals surface area contributed by atoms with Gasteiger partial charge in [0.1, 0.15) is 0 Å². The molecule has 18 heavy (non-hydrogen) atoms. The van der Waals surface area contributed by atoms with Gasteiger partial charge in [0.2, 0.25) is 5.95 Å². The summed E-state index contributed by atoms with van der Waals surface area (Å²) in [5.74, 6) is 5.46. The van der Waals surface area contributed by atoms with Crippen LogP contribution in [0.25, 0.3) is 0 Å². The largest absolute Gasteiger partial charge is 0.463 e. The van der Waals surface area contributed by atoms with Crippen LogP contribution in [0.5, 0.6) is 12.0 Å². The lowest BCUT2D eigenvalue weighted by Gasteiger charge is -2.10. The molecule has 1 heterocycles. The van der Waals surface area contributed by atoms with Gasteiger partial charge in [-0.2, -0.15) is 9.97 Å². The molecule has 0 atom stereocenters. The molecular weight excluding hydrogens is 238 g/mol. The molecule has 0 aliphatic heterocycles. The molecule has 0 saturated heterocycles. The molecule has 0 spiro atoms. The normalized spacial score (nSPS) is 10.5. The first kappa shape index (κ1) is 14.4. The third kappa shape index (κ3) is 5.11. The van der Waals surface area contributed by atoms with E-state index in [0.29, 0.717) is 13.2 Å². The first-order chi connectivity index (χ1) is 8.65. The fourth-order valence-electron chi connectivity index (χ4n) is 1.10. The fourth-order valence-corrected chi connectivity index (χ4v) is 1.10. The molecule has 0 saturated carbocycles. The molecule has 8 heteroatoms. The van der Waals surface area contributed by atoms with Crippen molar-refractivity contribution in [3.05, 3.63) is 0 Å². The van der Waals surface area contributed by atoms with Crippen LogP contribution in [0.1, 0.15) is 20.3 Å². The van der Waals surface area contributed by atoms with Gasteiger partial charge in [0, 0.05) is 20.1 Å². The zero-order valence-electron chi connectivity index (χ0n) is 10.8. The molecule has 0 fully saturated rings. The number of rotatable bonds is 8. The van der Waals surface area contributed by atoms with Gasteiger partial charge in [-0.1, -0.05) is 0 Å². The van der Waals surface area contributed by atoms with Crippen molar-refractivity contribution in [3.8, 4) is 12.0 Å². The summed E-state index contributed by atoms with van der Waals surface area (Å²) in [6.07, 6.45) is 0.702. The van der Waals surface area contributed by atoms with Crippen molar-refractivity contribution >= 4 is 5.95 Å². The van der Waals surface area contributed by atoms with E-state index in [9.17, 15) is 0 Å². The Balaban J connectivity index is 2.64. The number of methoxy groups -OCH3 is 1. The van der Waals surface area contributed by atoms with Crippen molar-refractivity contribution in [3.63, 3.8) is 0 Å². The summed E-state index contributed by atoms with van der Waals surface area (Å²) in [5, 5.41) is 0. The van der Waals surface area contributed by atoms with Gasteiger partial charge in [-0.05, 0) is 13.8 Å². The van der Waals surface area contributed by atoms with E-state index in [1.54, 1.807) is 7.11 Å². The Bertz CT molecular complexity index is 361. The van der Waals surface area contributed by atoms with Crippen molar-refractivity contribution in [1.82, 2.24) is 15.0 Å². The highest BCUT2D eigenvalue weighted by Gasteiger charge is 2.09. The van der Waals surface area contributed by atoms with Gasteiger partial charge in [0.05, 0.1) is 12.7 Å². The molecule has 0 unspecified atom stereocenters. The van der Waals surface area contributed by atoms with Crippen molar-refractivity contribution in [2.75, 3.05) is 25.7 Å². The summed E-state index contributed by atoms with van der Waals surface area (Å²) < 4.78 is 15.6. The van der Waals surface area contributed by atoms with Gasteiger partial charge in [-0.3, -0.25) is 5.43 Å². The van der Waals surface area contributed by atoms with Crippen LogP contribution >= 0.6 is 0 Å². The molecule has 1 aromatic heterocycles. The maximum Gasteiger partial charge on any atom is 0.324 e. The highest BCUT2D eigenvalue weighted by molar-refractivity contribution is 5.25. The number of aromatic nitrogens is 3. The Morgan fingerprint density at radius 3 is 2.50 bits per heavy atom. The molecular formula is C10H19N5O3. The lowest BCUT2D eigenvalue weighted by molar-refractivity contribution is 0.166. The number of anilines is 1. The number of nitrogens with two attached hydrogens (primary N) is 1. The van der Waals surface area contributed by atoms with Crippen molar-refractivity contribution in [2.45, 2.75) is 26.4 Å². The van der Waals surface area contributed by atoms with E-state index in [0.717, 1.165) is 6.42 Å². The van der Waals surface area contributed by atoms with Crippen LogP contribution in [-0.4, -0.2) is 41.4 Å². The second-order valence-corrected chi connectivity index (χ2v) is 3.73. The Morgan fingerprint density at radius 2 is 1.89 bits per heavy atom. The number of nitrogens with zero attached hydrogens (tertiary/aromatic N) is 3. The smallest absolute Gasteiger partial charge is 0.324 e. The van der Waals surface area contributed by atoms with E-state index in [2.05, 4.69) is 20.4 Å². The molecule has 0 aromatic carbocycles. The highest BCUT2D eigenvalue weighted by Crippen LogP contribution is 2.13. The van der Waals surface area contributed by atoms with E-state index in [1.165, 1.54) is 0 Å². The van der Waals surface area contributed by atoms with Crippen LogP contribution in [0, 0.1) is 0 Å². The van der Waals surface area contributed by atoms with Gasteiger partial charge in [0.25, 0.3) is 0 Å². The van der Waals surface area contributed by atoms with E-state index in [1.807, 2.05) is 13.8 Å². The minimum atomic E-state index is -0.0423. The summed E-state index contributed by atoms with van der Waals surface area (Å²) in [7, 11) is 1.63. The van der Waals surface area contributed by atoms with E-state index in [4.69, 9.17) is 20.1 Å². The third-order valence-electron chi connectivity index (χ3n) is 1.79. The molecule has 1 aromatic rings. The number of ether oxygens (including phenoxy) is 3.